The number of carbonyl (C=O) groups excluding carboxylic acids is 1. The van der Waals surface area contributed by atoms with Gasteiger partial charge in [0.1, 0.15) is 5.75 Å². The molecule has 1 aromatic rings. The second-order valence-electron chi connectivity index (χ2n) is 4.08. The zero-order chi connectivity index (χ0) is 13.5. The molecule has 0 aliphatic carbocycles. The highest BCUT2D eigenvalue weighted by Gasteiger charge is 2.10. The van der Waals surface area contributed by atoms with E-state index in [1.165, 1.54) is 0 Å². The van der Waals surface area contributed by atoms with E-state index < -0.39 is 10.8 Å². The van der Waals surface area contributed by atoms with Gasteiger partial charge in [0.2, 0.25) is 5.91 Å². The molecule has 0 saturated carbocycles. The van der Waals surface area contributed by atoms with Crippen molar-refractivity contribution in [3.05, 3.63) is 29.3 Å². The van der Waals surface area contributed by atoms with E-state index in [-0.39, 0.29) is 17.7 Å². The van der Waals surface area contributed by atoms with Crippen LogP contribution in [0.15, 0.2) is 24.3 Å². The third-order valence-electron chi connectivity index (χ3n) is 2.24. The number of halogens is 1. The molecule has 0 aliphatic rings. The number of benzene rings is 1. The molecule has 0 aliphatic heterocycles. The third-order valence-corrected chi connectivity index (χ3v) is 3.85. The molecule has 0 radical (unpaired) electrons. The first kappa shape index (κ1) is 15.1. The molecule has 0 spiro atoms. The Hall–Kier alpha value is -0.910. The monoisotopic (exact) mass is 288 g/mol. The lowest BCUT2D eigenvalue weighted by Crippen LogP contribution is -2.24. The van der Waals surface area contributed by atoms with E-state index in [0.717, 1.165) is 0 Å². The Morgan fingerprint density at radius 3 is 2.78 bits per heavy atom. The molecule has 2 unspecified atom stereocenters. The van der Waals surface area contributed by atoms with Gasteiger partial charge in [-0.15, -0.1) is 0 Å². The van der Waals surface area contributed by atoms with Crippen LogP contribution in [0.4, 0.5) is 5.69 Å². The SMILES string of the molecule is CC(N)CCS(=O)CC(=O)Nc1ccccc1Cl. The van der Waals surface area contributed by atoms with Crippen molar-refractivity contribution < 1.29 is 9.00 Å². The maximum Gasteiger partial charge on any atom is 0.237 e. The number of anilines is 1. The number of nitrogens with one attached hydrogen (secondary N) is 1. The van der Waals surface area contributed by atoms with Crippen LogP contribution in [0.3, 0.4) is 0 Å². The van der Waals surface area contributed by atoms with Gasteiger partial charge >= 0.3 is 0 Å². The van der Waals surface area contributed by atoms with Crippen molar-refractivity contribution in [2.24, 2.45) is 5.73 Å². The fraction of sp³-hybridized carbons (Fsp3) is 0.417. The average Bonchev–Trinajstić information content (AvgIpc) is 2.29. The summed E-state index contributed by atoms with van der Waals surface area (Å²) in [6.07, 6.45) is 0.645. The maximum absolute atomic E-state index is 11.6. The van der Waals surface area contributed by atoms with Crippen LogP contribution in [-0.2, 0) is 15.6 Å². The molecule has 0 fully saturated rings. The Balaban J connectivity index is 2.42. The summed E-state index contributed by atoms with van der Waals surface area (Å²) < 4.78 is 11.6. The zero-order valence-corrected chi connectivity index (χ0v) is 11.8. The molecule has 0 aromatic heterocycles. The molecule has 6 heteroatoms. The second-order valence-corrected chi connectivity index (χ2v) is 6.07. The quantitative estimate of drug-likeness (QED) is 0.838. The summed E-state index contributed by atoms with van der Waals surface area (Å²) in [7, 11) is -1.19. The number of carbonyl (C=O) groups is 1. The molecule has 4 nitrogen and oxygen atoms in total. The summed E-state index contributed by atoms with van der Waals surface area (Å²) in [6.45, 7) is 1.85. The minimum atomic E-state index is -1.19. The summed E-state index contributed by atoms with van der Waals surface area (Å²) in [5, 5.41) is 3.10. The molecule has 2 atom stereocenters. The Morgan fingerprint density at radius 1 is 1.50 bits per heavy atom. The first-order valence-electron chi connectivity index (χ1n) is 5.64. The van der Waals surface area contributed by atoms with Crippen LogP contribution in [0.5, 0.6) is 0 Å². The van der Waals surface area contributed by atoms with Crippen molar-refractivity contribution in [1.82, 2.24) is 0 Å². The Morgan fingerprint density at radius 2 is 2.17 bits per heavy atom. The van der Waals surface area contributed by atoms with Crippen LogP contribution >= 0.6 is 11.6 Å². The van der Waals surface area contributed by atoms with Crippen LogP contribution in [0.2, 0.25) is 5.02 Å². The van der Waals surface area contributed by atoms with Gasteiger partial charge in [-0.25, -0.2) is 0 Å². The van der Waals surface area contributed by atoms with Gasteiger partial charge in [0, 0.05) is 22.6 Å². The molecule has 0 bridgehead atoms. The van der Waals surface area contributed by atoms with Gasteiger partial charge in [-0.05, 0) is 25.5 Å². The standard InChI is InChI=1S/C12H17ClN2O2S/c1-9(14)6-7-18(17)8-12(16)15-11-5-3-2-4-10(11)13/h2-5,9H,6-8,14H2,1H3,(H,15,16). The van der Waals surface area contributed by atoms with Crippen LogP contribution in [0.1, 0.15) is 13.3 Å². The summed E-state index contributed by atoms with van der Waals surface area (Å²) in [4.78, 5) is 11.6. The van der Waals surface area contributed by atoms with Gasteiger partial charge < -0.3 is 11.1 Å². The predicted octanol–water partition coefficient (Wildman–Crippen LogP) is 1.76. The van der Waals surface area contributed by atoms with Crippen LogP contribution in [-0.4, -0.2) is 27.7 Å². The molecule has 100 valence electrons. The number of hydrogen-bond donors (Lipinski definition) is 2. The first-order valence-corrected chi connectivity index (χ1v) is 7.50. The van der Waals surface area contributed by atoms with Gasteiger partial charge in [0.15, 0.2) is 0 Å². The highest BCUT2D eigenvalue weighted by molar-refractivity contribution is 7.85. The van der Waals surface area contributed by atoms with Crippen molar-refractivity contribution in [3.8, 4) is 0 Å². The normalized spacial score (nSPS) is 13.9. The lowest BCUT2D eigenvalue weighted by molar-refractivity contribution is -0.113. The molecule has 0 saturated heterocycles. The molecular formula is C12H17ClN2O2S. The summed E-state index contributed by atoms with van der Waals surface area (Å²) in [6, 6.07) is 6.93. The fourth-order valence-electron chi connectivity index (χ4n) is 1.28. The molecule has 3 N–H and O–H groups in total. The van der Waals surface area contributed by atoms with Gasteiger partial charge in [0.05, 0.1) is 10.7 Å². The van der Waals surface area contributed by atoms with Crippen molar-refractivity contribution in [2.75, 3.05) is 16.8 Å². The topological polar surface area (TPSA) is 72.2 Å². The fourth-order valence-corrected chi connectivity index (χ4v) is 2.61. The lowest BCUT2D eigenvalue weighted by Gasteiger charge is -2.07. The third kappa shape index (κ3) is 5.62. The van der Waals surface area contributed by atoms with E-state index in [9.17, 15) is 9.00 Å². The second kappa shape index (κ2) is 7.51. The van der Waals surface area contributed by atoms with Crippen LogP contribution in [0.25, 0.3) is 0 Å². The van der Waals surface area contributed by atoms with Gasteiger partial charge in [-0.2, -0.15) is 0 Å². The highest BCUT2D eigenvalue weighted by atomic mass is 35.5. The van der Waals surface area contributed by atoms with Crippen LogP contribution < -0.4 is 11.1 Å². The number of amides is 1. The lowest BCUT2D eigenvalue weighted by atomic mass is 10.3. The highest BCUT2D eigenvalue weighted by Crippen LogP contribution is 2.20. The molecule has 0 heterocycles. The summed E-state index contributed by atoms with van der Waals surface area (Å²) in [5.74, 6) is 0.108. The predicted molar refractivity (Wildman–Crippen MR) is 76.2 cm³/mol. The number of rotatable bonds is 6. The van der Waals surface area contributed by atoms with Crippen molar-refractivity contribution >= 4 is 34.0 Å². The smallest absolute Gasteiger partial charge is 0.237 e. The Kier molecular flexibility index (Phi) is 6.32. The molecular weight excluding hydrogens is 272 g/mol. The van der Waals surface area contributed by atoms with Gasteiger partial charge in [-0.3, -0.25) is 9.00 Å². The summed E-state index contributed by atoms with van der Waals surface area (Å²) in [5.41, 5.74) is 6.10. The molecule has 1 amide bonds. The average molecular weight is 289 g/mol. The minimum absolute atomic E-state index is 0.000536. The van der Waals surface area contributed by atoms with Crippen molar-refractivity contribution in [1.29, 1.82) is 0 Å². The van der Waals surface area contributed by atoms with Gasteiger partial charge in [-0.1, -0.05) is 23.7 Å². The number of nitrogens with two attached hydrogens (primary N) is 1. The molecule has 1 rings (SSSR count). The van der Waals surface area contributed by atoms with E-state index in [0.29, 0.717) is 22.9 Å². The van der Waals surface area contributed by atoms with Crippen LogP contribution in [0, 0.1) is 0 Å². The van der Waals surface area contributed by atoms with E-state index in [4.69, 9.17) is 17.3 Å². The maximum atomic E-state index is 11.6. The minimum Gasteiger partial charge on any atom is -0.328 e. The van der Waals surface area contributed by atoms with E-state index >= 15 is 0 Å². The van der Waals surface area contributed by atoms with E-state index in [1.807, 2.05) is 6.92 Å². The first-order chi connectivity index (χ1) is 8.49. The Bertz CT molecular complexity index is 438. The Labute approximate surface area is 114 Å². The zero-order valence-electron chi connectivity index (χ0n) is 10.2. The van der Waals surface area contributed by atoms with Crippen molar-refractivity contribution in [3.63, 3.8) is 0 Å². The van der Waals surface area contributed by atoms with E-state index in [2.05, 4.69) is 5.32 Å². The van der Waals surface area contributed by atoms with Gasteiger partial charge in [0.25, 0.3) is 0 Å². The van der Waals surface area contributed by atoms with E-state index in [1.54, 1.807) is 24.3 Å². The number of para-hydroxylation sites is 1. The van der Waals surface area contributed by atoms with Crippen molar-refractivity contribution in [2.45, 2.75) is 19.4 Å². The molecule has 18 heavy (non-hydrogen) atoms. The summed E-state index contributed by atoms with van der Waals surface area (Å²) >= 11 is 5.90. The largest absolute Gasteiger partial charge is 0.328 e. The number of hydrogen-bond acceptors (Lipinski definition) is 3. The molecule has 1 aromatic carbocycles.